The number of hydrogen-bond acceptors (Lipinski definition) is 4. The molecule has 0 saturated heterocycles. The predicted octanol–water partition coefficient (Wildman–Crippen LogP) is 1.75. The highest BCUT2D eigenvalue weighted by Crippen LogP contribution is 2.15. The Bertz CT molecular complexity index is 442. The van der Waals surface area contributed by atoms with E-state index in [4.69, 9.17) is 0 Å². The van der Waals surface area contributed by atoms with Crippen molar-refractivity contribution >= 4 is 17.6 Å². The van der Waals surface area contributed by atoms with Gasteiger partial charge >= 0.3 is 5.97 Å². The molecule has 104 valence electrons. The molecular weight excluding hydrogens is 244 g/mol. The largest absolute Gasteiger partial charge is 0.465 e. The second-order valence-corrected chi connectivity index (χ2v) is 4.05. The molecular formula is C14H20N2O3. The minimum Gasteiger partial charge on any atom is -0.465 e. The number of ether oxygens (including phenoxy) is 1. The number of nitrogens with one attached hydrogen (secondary N) is 1. The number of para-hydroxylation sites is 1. The topological polar surface area (TPSA) is 58.6 Å². The van der Waals surface area contributed by atoms with Crippen molar-refractivity contribution in [2.75, 3.05) is 32.1 Å². The van der Waals surface area contributed by atoms with Crippen molar-refractivity contribution in [1.29, 1.82) is 0 Å². The number of anilines is 1. The summed E-state index contributed by atoms with van der Waals surface area (Å²) >= 11 is 0. The van der Waals surface area contributed by atoms with Crippen LogP contribution in [-0.2, 0) is 9.53 Å². The first-order valence-electron chi connectivity index (χ1n) is 6.31. The molecule has 19 heavy (non-hydrogen) atoms. The summed E-state index contributed by atoms with van der Waals surface area (Å²) in [6.07, 6.45) is 0. The predicted molar refractivity (Wildman–Crippen MR) is 74.2 cm³/mol. The van der Waals surface area contributed by atoms with Crippen LogP contribution in [0.4, 0.5) is 5.69 Å². The number of benzene rings is 1. The Kier molecular flexibility index (Phi) is 6.02. The van der Waals surface area contributed by atoms with E-state index in [1.165, 1.54) is 7.11 Å². The number of likely N-dealkylation sites (N-methyl/N-ethyl adjacent to an activating group) is 1. The van der Waals surface area contributed by atoms with Gasteiger partial charge in [-0.05, 0) is 25.2 Å². The molecule has 1 aromatic rings. The lowest BCUT2D eigenvalue weighted by atomic mass is 10.2. The number of amides is 1. The molecule has 0 aromatic heterocycles. The molecule has 0 saturated carbocycles. The second-order valence-electron chi connectivity index (χ2n) is 4.05. The quantitative estimate of drug-likeness (QED) is 0.795. The smallest absolute Gasteiger partial charge is 0.339 e. The summed E-state index contributed by atoms with van der Waals surface area (Å²) in [7, 11) is 1.32. The van der Waals surface area contributed by atoms with Gasteiger partial charge in [0.1, 0.15) is 0 Å². The highest BCUT2D eigenvalue weighted by molar-refractivity contribution is 6.01. The van der Waals surface area contributed by atoms with E-state index in [0.29, 0.717) is 17.8 Å². The fourth-order valence-corrected chi connectivity index (χ4v) is 1.72. The fourth-order valence-electron chi connectivity index (χ4n) is 1.72. The van der Waals surface area contributed by atoms with E-state index < -0.39 is 5.97 Å². The van der Waals surface area contributed by atoms with Gasteiger partial charge in [0.2, 0.25) is 5.91 Å². The Morgan fingerprint density at radius 2 is 1.84 bits per heavy atom. The van der Waals surface area contributed by atoms with E-state index in [1.54, 1.807) is 24.3 Å². The molecule has 1 aromatic carbocycles. The highest BCUT2D eigenvalue weighted by Gasteiger charge is 2.14. The third kappa shape index (κ3) is 4.37. The van der Waals surface area contributed by atoms with Crippen LogP contribution >= 0.6 is 0 Å². The van der Waals surface area contributed by atoms with E-state index in [2.05, 4.69) is 10.1 Å². The van der Waals surface area contributed by atoms with Gasteiger partial charge in [0.15, 0.2) is 0 Å². The Morgan fingerprint density at radius 1 is 1.21 bits per heavy atom. The van der Waals surface area contributed by atoms with E-state index in [9.17, 15) is 9.59 Å². The Balaban J connectivity index is 2.76. The number of carbonyl (C=O) groups excluding carboxylic acids is 2. The molecule has 5 nitrogen and oxygen atoms in total. The molecule has 5 heteroatoms. The van der Waals surface area contributed by atoms with Crippen LogP contribution in [0.1, 0.15) is 24.2 Å². The van der Waals surface area contributed by atoms with Crippen molar-refractivity contribution in [2.45, 2.75) is 13.8 Å². The average Bonchev–Trinajstić information content (AvgIpc) is 2.44. The van der Waals surface area contributed by atoms with Crippen LogP contribution in [0.2, 0.25) is 0 Å². The lowest BCUT2D eigenvalue weighted by Crippen LogP contribution is -2.33. The van der Waals surface area contributed by atoms with Crippen molar-refractivity contribution < 1.29 is 14.3 Å². The molecule has 1 amide bonds. The summed E-state index contributed by atoms with van der Waals surface area (Å²) in [5, 5.41) is 2.74. The van der Waals surface area contributed by atoms with Crippen LogP contribution in [-0.4, -0.2) is 43.5 Å². The van der Waals surface area contributed by atoms with Gasteiger partial charge in [-0.1, -0.05) is 26.0 Å². The maximum atomic E-state index is 11.9. The van der Waals surface area contributed by atoms with Crippen molar-refractivity contribution in [2.24, 2.45) is 0 Å². The Labute approximate surface area is 113 Å². The number of hydrogen-bond donors (Lipinski definition) is 1. The van der Waals surface area contributed by atoms with Crippen LogP contribution in [0.25, 0.3) is 0 Å². The van der Waals surface area contributed by atoms with E-state index in [0.717, 1.165) is 13.1 Å². The van der Waals surface area contributed by atoms with Crippen molar-refractivity contribution in [1.82, 2.24) is 4.90 Å². The SMILES string of the molecule is CCN(CC)CC(=O)Nc1ccccc1C(=O)OC. The number of methoxy groups -OCH3 is 1. The molecule has 0 fully saturated rings. The average molecular weight is 264 g/mol. The first-order chi connectivity index (χ1) is 9.12. The van der Waals surface area contributed by atoms with Gasteiger partial charge < -0.3 is 10.1 Å². The minimum atomic E-state index is -0.460. The molecule has 1 rings (SSSR count). The number of esters is 1. The van der Waals surface area contributed by atoms with E-state index in [1.807, 2.05) is 18.7 Å². The van der Waals surface area contributed by atoms with Crippen LogP contribution in [0, 0.1) is 0 Å². The molecule has 0 aliphatic heterocycles. The van der Waals surface area contributed by atoms with E-state index in [-0.39, 0.29) is 5.91 Å². The van der Waals surface area contributed by atoms with Crippen molar-refractivity contribution in [3.63, 3.8) is 0 Å². The summed E-state index contributed by atoms with van der Waals surface area (Å²) < 4.78 is 4.68. The molecule has 1 N–H and O–H groups in total. The standard InChI is InChI=1S/C14H20N2O3/c1-4-16(5-2)10-13(17)15-12-9-7-6-8-11(12)14(18)19-3/h6-9H,4-5,10H2,1-3H3,(H,15,17). The van der Waals surface area contributed by atoms with Crippen LogP contribution in [0.15, 0.2) is 24.3 Å². The van der Waals surface area contributed by atoms with Crippen LogP contribution in [0.5, 0.6) is 0 Å². The summed E-state index contributed by atoms with van der Waals surface area (Å²) in [5.41, 5.74) is 0.837. The molecule has 0 atom stereocenters. The first-order valence-corrected chi connectivity index (χ1v) is 6.31. The van der Waals surface area contributed by atoms with E-state index >= 15 is 0 Å². The zero-order chi connectivity index (χ0) is 14.3. The third-order valence-electron chi connectivity index (χ3n) is 2.87. The van der Waals surface area contributed by atoms with Gasteiger partial charge in [-0.3, -0.25) is 9.69 Å². The summed E-state index contributed by atoms with van der Waals surface area (Å²) in [4.78, 5) is 25.5. The summed E-state index contributed by atoms with van der Waals surface area (Å²) in [5.74, 6) is -0.598. The Hall–Kier alpha value is -1.88. The molecule has 0 aliphatic rings. The number of rotatable bonds is 6. The molecule has 0 spiro atoms. The minimum absolute atomic E-state index is 0.139. The second kappa shape index (κ2) is 7.53. The highest BCUT2D eigenvalue weighted by atomic mass is 16.5. The normalized spacial score (nSPS) is 10.3. The molecule has 0 aliphatic carbocycles. The van der Waals surface area contributed by atoms with Gasteiger partial charge in [0.25, 0.3) is 0 Å². The van der Waals surface area contributed by atoms with Crippen molar-refractivity contribution in [3.8, 4) is 0 Å². The van der Waals surface area contributed by atoms with Gasteiger partial charge in [-0.25, -0.2) is 4.79 Å². The molecule has 0 unspecified atom stereocenters. The Morgan fingerprint density at radius 3 is 2.42 bits per heavy atom. The summed E-state index contributed by atoms with van der Waals surface area (Å²) in [6, 6.07) is 6.80. The van der Waals surface area contributed by atoms with Gasteiger partial charge in [0.05, 0.1) is 24.9 Å². The van der Waals surface area contributed by atoms with Crippen LogP contribution in [0.3, 0.4) is 0 Å². The number of carbonyl (C=O) groups is 2. The molecule has 0 bridgehead atoms. The number of nitrogens with zero attached hydrogens (tertiary/aromatic N) is 1. The fraction of sp³-hybridized carbons (Fsp3) is 0.429. The van der Waals surface area contributed by atoms with Gasteiger partial charge in [-0.15, -0.1) is 0 Å². The lowest BCUT2D eigenvalue weighted by molar-refractivity contribution is -0.117. The first kappa shape index (κ1) is 15.2. The van der Waals surface area contributed by atoms with Gasteiger partial charge in [0, 0.05) is 0 Å². The molecule has 0 heterocycles. The van der Waals surface area contributed by atoms with Crippen molar-refractivity contribution in [3.05, 3.63) is 29.8 Å². The maximum Gasteiger partial charge on any atom is 0.339 e. The lowest BCUT2D eigenvalue weighted by Gasteiger charge is -2.17. The summed E-state index contributed by atoms with van der Waals surface area (Å²) in [6.45, 7) is 5.92. The van der Waals surface area contributed by atoms with Crippen LogP contribution < -0.4 is 5.32 Å². The van der Waals surface area contributed by atoms with Gasteiger partial charge in [-0.2, -0.15) is 0 Å². The monoisotopic (exact) mass is 264 g/mol. The third-order valence-corrected chi connectivity index (χ3v) is 2.87. The molecule has 0 radical (unpaired) electrons. The zero-order valence-corrected chi connectivity index (χ0v) is 11.6. The maximum absolute atomic E-state index is 11.9. The zero-order valence-electron chi connectivity index (χ0n) is 11.6.